The molecule has 0 aliphatic carbocycles. The van der Waals surface area contributed by atoms with Gasteiger partial charge >= 0.3 is 0 Å². The summed E-state index contributed by atoms with van der Waals surface area (Å²) in [5.74, 6) is 1.62. The number of amides is 1. The summed E-state index contributed by atoms with van der Waals surface area (Å²) in [6, 6.07) is 14.4. The maximum absolute atomic E-state index is 12.4. The molecule has 2 aromatic carbocycles. The van der Waals surface area contributed by atoms with Gasteiger partial charge in [-0.2, -0.15) is 0 Å². The van der Waals surface area contributed by atoms with Crippen molar-refractivity contribution in [2.75, 3.05) is 32.9 Å². The maximum Gasteiger partial charge on any atom is 0.220 e. The number of aryl methyl sites for hydroxylation is 1. The van der Waals surface area contributed by atoms with E-state index < -0.39 is 0 Å². The molecule has 1 N–H and O–H groups in total. The van der Waals surface area contributed by atoms with Gasteiger partial charge < -0.3 is 19.5 Å². The van der Waals surface area contributed by atoms with Crippen LogP contribution in [0.3, 0.4) is 0 Å². The summed E-state index contributed by atoms with van der Waals surface area (Å²) in [5, 5.41) is 3.05. The number of ether oxygens (including phenoxy) is 3. The highest BCUT2D eigenvalue weighted by molar-refractivity contribution is 5.76. The molecule has 2 aromatic rings. The Morgan fingerprint density at radius 3 is 2.74 bits per heavy atom. The molecule has 166 valence electrons. The fraction of sp³-hybridized carbons (Fsp3) is 0.480. The van der Waals surface area contributed by atoms with Crippen molar-refractivity contribution in [2.24, 2.45) is 0 Å². The zero-order valence-electron chi connectivity index (χ0n) is 18.3. The average Bonchev–Trinajstić information content (AvgIpc) is 3.01. The molecule has 0 radical (unpaired) electrons. The van der Waals surface area contributed by atoms with Crippen LogP contribution in [0.15, 0.2) is 42.5 Å². The van der Waals surface area contributed by atoms with Gasteiger partial charge in [-0.15, -0.1) is 0 Å². The van der Waals surface area contributed by atoms with Gasteiger partial charge in [0.1, 0.15) is 0 Å². The zero-order valence-corrected chi connectivity index (χ0v) is 18.3. The van der Waals surface area contributed by atoms with E-state index in [1.54, 1.807) is 0 Å². The first-order chi connectivity index (χ1) is 15.2. The van der Waals surface area contributed by atoms with Crippen molar-refractivity contribution in [2.45, 2.75) is 45.4 Å². The Morgan fingerprint density at radius 2 is 1.87 bits per heavy atom. The number of nitrogens with zero attached hydrogens (tertiary/aromatic N) is 1. The largest absolute Gasteiger partial charge is 0.490 e. The lowest BCUT2D eigenvalue weighted by molar-refractivity contribution is -0.121. The fourth-order valence-corrected chi connectivity index (χ4v) is 4.04. The van der Waals surface area contributed by atoms with Gasteiger partial charge in [-0.1, -0.05) is 30.3 Å². The molecule has 31 heavy (non-hydrogen) atoms. The summed E-state index contributed by atoms with van der Waals surface area (Å²) in [6.07, 6.45) is 2.30. The van der Waals surface area contributed by atoms with E-state index in [2.05, 4.69) is 41.4 Å². The highest BCUT2D eigenvalue weighted by atomic mass is 16.5. The summed E-state index contributed by atoms with van der Waals surface area (Å²) in [6.45, 7) is 7.64. The maximum atomic E-state index is 12.4. The molecule has 6 nitrogen and oxygen atoms in total. The van der Waals surface area contributed by atoms with Gasteiger partial charge in [0.05, 0.1) is 25.9 Å². The molecule has 0 aromatic heterocycles. The first kappa shape index (κ1) is 21.7. The number of hydrogen-bond acceptors (Lipinski definition) is 5. The minimum Gasteiger partial charge on any atom is -0.490 e. The third kappa shape index (κ3) is 6.45. The van der Waals surface area contributed by atoms with Gasteiger partial charge in [-0.05, 0) is 42.2 Å². The molecule has 4 rings (SSSR count). The fourth-order valence-electron chi connectivity index (χ4n) is 4.04. The molecule has 0 bridgehead atoms. The quantitative estimate of drug-likeness (QED) is 0.739. The molecule has 2 aliphatic rings. The van der Waals surface area contributed by atoms with Crippen LogP contribution in [-0.2, 0) is 29.0 Å². The van der Waals surface area contributed by atoms with Crippen molar-refractivity contribution < 1.29 is 19.0 Å². The molecule has 1 fully saturated rings. The Bertz CT molecular complexity index is 886. The van der Waals surface area contributed by atoms with Crippen LogP contribution < -0.4 is 14.8 Å². The Balaban J connectivity index is 1.24. The predicted octanol–water partition coefficient (Wildman–Crippen LogP) is 3.32. The van der Waals surface area contributed by atoms with E-state index in [-0.39, 0.29) is 12.0 Å². The van der Waals surface area contributed by atoms with Crippen molar-refractivity contribution in [3.8, 4) is 11.5 Å². The summed E-state index contributed by atoms with van der Waals surface area (Å²) >= 11 is 0. The Morgan fingerprint density at radius 1 is 1.03 bits per heavy atom. The Kier molecular flexibility index (Phi) is 7.43. The van der Waals surface area contributed by atoms with E-state index in [1.807, 2.05) is 18.2 Å². The normalized spacial score (nSPS) is 18.9. The number of carbonyl (C=O) groups is 1. The van der Waals surface area contributed by atoms with Crippen LogP contribution in [0.2, 0.25) is 0 Å². The standard InChI is InChI=1S/C25H32N2O4/c1-19-17-27(10-13-29-19)18-22-5-2-4-21(14-22)16-26-25(28)9-7-20-6-8-23-24(15-20)31-12-3-11-30-23/h2,4-6,8,14-15,19H,3,7,9-13,16-18H2,1H3,(H,26,28). The smallest absolute Gasteiger partial charge is 0.220 e. The molecule has 2 heterocycles. The second-order valence-corrected chi connectivity index (χ2v) is 8.34. The van der Waals surface area contributed by atoms with Crippen molar-refractivity contribution in [1.82, 2.24) is 10.2 Å². The van der Waals surface area contributed by atoms with E-state index in [0.29, 0.717) is 32.6 Å². The van der Waals surface area contributed by atoms with E-state index in [1.165, 1.54) is 5.56 Å². The summed E-state index contributed by atoms with van der Waals surface area (Å²) in [5.41, 5.74) is 3.48. The third-order valence-electron chi connectivity index (χ3n) is 5.67. The molecule has 1 amide bonds. The first-order valence-corrected chi connectivity index (χ1v) is 11.2. The Labute approximate surface area is 184 Å². The number of carbonyl (C=O) groups excluding carboxylic acids is 1. The second-order valence-electron chi connectivity index (χ2n) is 8.34. The summed E-state index contributed by atoms with van der Waals surface area (Å²) < 4.78 is 17.0. The number of fused-ring (bicyclic) bond motifs is 1. The van der Waals surface area contributed by atoms with Crippen LogP contribution in [-0.4, -0.2) is 49.8 Å². The monoisotopic (exact) mass is 424 g/mol. The van der Waals surface area contributed by atoms with Crippen LogP contribution in [0.1, 0.15) is 36.5 Å². The SMILES string of the molecule is CC1CN(Cc2cccc(CNC(=O)CCc3ccc4c(c3)OCCCO4)c2)CCO1. The lowest BCUT2D eigenvalue weighted by Gasteiger charge is -2.31. The molecule has 0 saturated carbocycles. The van der Waals surface area contributed by atoms with Gasteiger partial charge in [0.25, 0.3) is 0 Å². The van der Waals surface area contributed by atoms with E-state index in [4.69, 9.17) is 14.2 Å². The molecule has 1 atom stereocenters. The number of benzene rings is 2. The molecular weight excluding hydrogens is 392 g/mol. The van der Waals surface area contributed by atoms with E-state index in [0.717, 1.165) is 55.3 Å². The molecular formula is C25H32N2O4. The summed E-state index contributed by atoms with van der Waals surface area (Å²) in [4.78, 5) is 14.8. The topological polar surface area (TPSA) is 60.0 Å². The van der Waals surface area contributed by atoms with Gasteiger partial charge in [0.15, 0.2) is 11.5 Å². The van der Waals surface area contributed by atoms with Gasteiger partial charge in [0.2, 0.25) is 5.91 Å². The highest BCUT2D eigenvalue weighted by Gasteiger charge is 2.16. The van der Waals surface area contributed by atoms with E-state index >= 15 is 0 Å². The number of hydrogen-bond donors (Lipinski definition) is 1. The minimum atomic E-state index is 0.0551. The highest BCUT2D eigenvalue weighted by Crippen LogP contribution is 2.30. The van der Waals surface area contributed by atoms with Crippen LogP contribution in [0, 0.1) is 0 Å². The number of morpholine rings is 1. The minimum absolute atomic E-state index is 0.0551. The third-order valence-corrected chi connectivity index (χ3v) is 5.67. The van der Waals surface area contributed by atoms with Gasteiger partial charge in [-0.25, -0.2) is 0 Å². The summed E-state index contributed by atoms with van der Waals surface area (Å²) in [7, 11) is 0. The lowest BCUT2D eigenvalue weighted by Crippen LogP contribution is -2.40. The van der Waals surface area contributed by atoms with Crippen LogP contribution in [0.25, 0.3) is 0 Å². The molecule has 1 unspecified atom stereocenters. The van der Waals surface area contributed by atoms with Crippen LogP contribution >= 0.6 is 0 Å². The number of nitrogens with one attached hydrogen (secondary N) is 1. The average molecular weight is 425 g/mol. The van der Waals surface area contributed by atoms with Crippen molar-refractivity contribution in [1.29, 1.82) is 0 Å². The van der Waals surface area contributed by atoms with Crippen LogP contribution in [0.4, 0.5) is 0 Å². The number of rotatable bonds is 7. The first-order valence-electron chi connectivity index (χ1n) is 11.2. The van der Waals surface area contributed by atoms with Crippen LogP contribution in [0.5, 0.6) is 11.5 Å². The van der Waals surface area contributed by atoms with Crippen molar-refractivity contribution in [3.05, 3.63) is 59.2 Å². The van der Waals surface area contributed by atoms with Gasteiger partial charge in [0, 0.05) is 39.0 Å². The predicted molar refractivity (Wildman–Crippen MR) is 119 cm³/mol. The van der Waals surface area contributed by atoms with Crippen molar-refractivity contribution in [3.63, 3.8) is 0 Å². The molecule has 2 aliphatic heterocycles. The lowest BCUT2D eigenvalue weighted by atomic mass is 10.1. The Hall–Kier alpha value is -2.57. The molecule has 0 spiro atoms. The van der Waals surface area contributed by atoms with Gasteiger partial charge in [-0.3, -0.25) is 9.69 Å². The van der Waals surface area contributed by atoms with E-state index in [9.17, 15) is 4.79 Å². The molecule has 1 saturated heterocycles. The molecule has 6 heteroatoms. The van der Waals surface area contributed by atoms with Crippen molar-refractivity contribution >= 4 is 5.91 Å². The second kappa shape index (κ2) is 10.6. The zero-order chi connectivity index (χ0) is 21.5.